The Morgan fingerprint density at radius 3 is 2.35 bits per heavy atom. The number of anilines is 1. The van der Waals surface area contributed by atoms with Gasteiger partial charge in [0.2, 0.25) is 11.8 Å². The highest BCUT2D eigenvalue weighted by Crippen LogP contribution is 2.34. The summed E-state index contributed by atoms with van der Waals surface area (Å²) in [5.41, 5.74) is 2.34. The van der Waals surface area contributed by atoms with E-state index in [4.69, 9.17) is 13.9 Å². The number of nitrogens with one attached hydrogen (secondary N) is 1. The third-order valence-electron chi connectivity index (χ3n) is 4.57. The molecule has 0 saturated carbocycles. The Kier molecular flexibility index (Phi) is 5.99. The molecule has 156 valence electrons. The van der Waals surface area contributed by atoms with E-state index in [1.54, 1.807) is 56.7 Å². The van der Waals surface area contributed by atoms with Crippen molar-refractivity contribution in [1.82, 2.24) is 10.2 Å². The van der Waals surface area contributed by atoms with E-state index in [1.807, 2.05) is 24.3 Å². The van der Waals surface area contributed by atoms with Crippen LogP contribution in [-0.4, -0.2) is 30.3 Å². The molecule has 0 aliphatic heterocycles. The molecular formula is C23H18BrN3O4. The van der Waals surface area contributed by atoms with Gasteiger partial charge in [-0.1, -0.05) is 18.2 Å². The first-order chi connectivity index (χ1) is 15.1. The number of benzene rings is 3. The lowest BCUT2D eigenvalue weighted by Crippen LogP contribution is -2.12. The average molecular weight is 480 g/mol. The molecule has 0 unspecified atom stereocenters. The molecule has 1 N–H and O–H groups in total. The number of methoxy groups -OCH3 is 2. The third kappa shape index (κ3) is 4.44. The maximum Gasteiger partial charge on any atom is 0.255 e. The number of carbonyl (C=O) groups excluding carboxylic acids is 1. The highest BCUT2D eigenvalue weighted by molar-refractivity contribution is 9.10. The predicted molar refractivity (Wildman–Crippen MR) is 120 cm³/mol. The van der Waals surface area contributed by atoms with Crippen molar-refractivity contribution in [2.75, 3.05) is 19.5 Å². The van der Waals surface area contributed by atoms with E-state index in [-0.39, 0.29) is 11.8 Å². The number of carbonyl (C=O) groups is 1. The van der Waals surface area contributed by atoms with Gasteiger partial charge in [-0.15, -0.1) is 10.2 Å². The SMILES string of the molecule is COc1cccc(C(=O)Nc2ccccc2-c2nnc(-c3cc(OC)ccc3Br)o2)c1. The second kappa shape index (κ2) is 9.01. The fourth-order valence-corrected chi connectivity index (χ4v) is 3.39. The molecule has 0 fully saturated rings. The summed E-state index contributed by atoms with van der Waals surface area (Å²) < 4.78 is 17.2. The number of hydrogen-bond acceptors (Lipinski definition) is 6. The number of hydrogen-bond donors (Lipinski definition) is 1. The zero-order chi connectivity index (χ0) is 21.8. The molecule has 4 rings (SSSR count). The van der Waals surface area contributed by atoms with E-state index in [0.29, 0.717) is 39.8 Å². The lowest BCUT2D eigenvalue weighted by molar-refractivity contribution is 0.102. The van der Waals surface area contributed by atoms with Crippen LogP contribution >= 0.6 is 15.9 Å². The van der Waals surface area contributed by atoms with Crippen LogP contribution in [0.15, 0.2) is 75.6 Å². The standard InChI is InChI=1S/C23H18BrN3O4/c1-29-15-7-5-6-14(12-15)21(28)25-20-9-4-3-8-17(20)22-26-27-23(31-22)18-13-16(30-2)10-11-19(18)24/h3-13H,1-2H3,(H,25,28). The monoisotopic (exact) mass is 479 g/mol. The van der Waals surface area contributed by atoms with Gasteiger partial charge in [0.05, 0.1) is 31.0 Å². The van der Waals surface area contributed by atoms with Crippen LogP contribution < -0.4 is 14.8 Å². The van der Waals surface area contributed by atoms with E-state index in [9.17, 15) is 4.79 Å². The van der Waals surface area contributed by atoms with Crippen molar-refractivity contribution >= 4 is 27.5 Å². The Balaban J connectivity index is 1.64. The summed E-state index contributed by atoms with van der Waals surface area (Å²) in [6.07, 6.45) is 0. The van der Waals surface area contributed by atoms with E-state index in [2.05, 4.69) is 31.4 Å². The molecule has 0 spiro atoms. The van der Waals surface area contributed by atoms with Crippen LogP contribution in [0.5, 0.6) is 11.5 Å². The molecule has 1 amide bonds. The summed E-state index contributed by atoms with van der Waals surface area (Å²) in [7, 11) is 3.15. The van der Waals surface area contributed by atoms with E-state index in [0.717, 1.165) is 4.47 Å². The quantitative estimate of drug-likeness (QED) is 0.396. The molecule has 0 saturated heterocycles. The average Bonchev–Trinajstić information content (AvgIpc) is 3.29. The largest absolute Gasteiger partial charge is 0.497 e. The molecule has 1 aromatic heterocycles. The normalized spacial score (nSPS) is 10.5. The minimum Gasteiger partial charge on any atom is -0.497 e. The van der Waals surface area contributed by atoms with Crippen molar-refractivity contribution in [1.29, 1.82) is 0 Å². The molecule has 4 aromatic rings. The van der Waals surface area contributed by atoms with Crippen LogP contribution in [0.2, 0.25) is 0 Å². The van der Waals surface area contributed by atoms with Crippen molar-refractivity contribution < 1.29 is 18.7 Å². The Morgan fingerprint density at radius 2 is 1.58 bits per heavy atom. The number of halogens is 1. The molecule has 0 atom stereocenters. The molecule has 0 aliphatic carbocycles. The maximum atomic E-state index is 12.8. The molecular weight excluding hydrogens is 462 g/mol. The molecule has 8 heteroatoms. The summed E-state index contributed by atoms with van der Waals surface area (Å²) in [5, 5.41) is 11.3. The fraction of sp³-hybridized carbons (Fsp3) is 0.0870. The highest BCUT2D eigenvalue weighted by atomic mass is 79.9. The van der Waals surface area contributed by atoms with Gasteiger partial charge >= 0.3 is 0 Å². The smallest absolute Gasteiger partial charge is 0.255 e. The first-order valence-electron chi connectivity index (χ1n) is 9.31. The lowest BCUT2D eigenvalue weighted by Gasteiger charge is -2.09. The third-order valence-corrected chi connectivity index (χ3v) is 5.26. The van der Waals surface area contributed by atoms with Crippen LogP contribution in [0.25, 0.3) is 22.9 Å². The summed E-state index contributed by atoms with van der Waals surface area (Å²) in [6.45, 7) is 0. The summed E-state index contributed by atoms with van der Waals surface area (Å²) in [4.78, 5) is 12.8. The molecule has 0 bridgehead atoms. The van der Waals surface area contributed by atoms with Crippen molar-refractivity contribution in [2.24, 2.45) is 0 Å². The molecule has 0 radical (unpaired) electrons. The summed E-state index contributed by atoms with van der Waals surface area (Å²) >= 11 is 3.50. The Labute approximate surface area is 187 Å². The van der Waals surface area contributed by atoms with Crippen LogP contribution in [0.4, 0.5) is 5.69 Å². The minimum atomic E-state index is -0.276. The van der Waals surface area contributed by atoms with Gasteiger partial charge in [0.15, 0.2) is 0 Å². The minimum absolute atomic E-state index is 0.276. The van der Waals surface area contributed by atoms with Crippen molar-refractivity contribution in [3.63, 3.8) is 0 Å². The van der Waals surface area contributed by atoms with Crippen LogP contribution in [0.3, 0.4) is 0 Å². The molecule has 0 aliphatic rings. The van der Waals surface area contributed by atoms with E-state index >= 15 is 0 Å². The van der Waals surface area contributed by atoms with Gasteiger partial charge in [-0.3, -0.25) is 4.79 Å². The lowest BCUT2D eigenvalue weighted by atomic mass is 10.1. The van der Waals surface area contributed by atoms with E-state index < -0.39 is 0 Å². The zero-order valence-corrected chi connectivity index (χ0v) is 18.3. The van der Waals surface area contributed by atoms with Gasteiger partial charge in [-0.25, -0.2) is 0 Å². The Morgan fingerprint density at radius 1 is 0.871 bits per heavy atom. The summed E-state index contributed by atoms with van der Waals surface area (Å²) in [5.74, 6) is 1.61. The Bertz CT molecular complexity index is 1240. The molecule has 31 heavy (non-hydrogen) atoms. The second-order valence-electron chi connectivity index (χ2n) is 6.49. The zero-order valence-electron chi connectivity index (χ0n) is 16.8. The van der Waals surface area contributed by atoms with Crippen LogP contribution in [-0.2, 0) is 0 Å². The molecule has 7 nitrogen and oxygen atoms in total. The first-order valence-corrected chi connectivity index (χ1v) is 10.1. The predicted octanol–water partition coefficient (Wildman–Crippen LogP) is 5.44. The van der Waals surface area contributed by atoms with Gasteiger partial charge in [0.1, 0.15) is 11.5 Å². The van der Waals surface area contributed by atoms with Gasteiger partial charge in [-0.2, -0.15) is 0 Å². The number of ether oxygens (including phenoxy) is 2. The van der Waals surface area contributed by atoms with Crippen molar-refractivity contribution in [3.8, 4) is 34.4 Å². The molecule has 1 heterocycles. The number of para-hydroxylation sites is 1. The number of rotatable bonds is 6. The van der Waals surface area contributed by atoms with E-state index in [1.165, 1.54) is 0 Å². The van der Waals surface area contributed by atoms with Crippen molar-refractivity contribution in [3.05, 3.63) is 76.8 Å². The number of nitrogens with zero attached hydrogens (tertiary/aromatic N) is 2. The topological polar surface area (TPSA) is 86.5 Å². The fourth-order valence-electron chi connectivity index (χ4n) is 2.97. The van der Waals surface area contributed by atoms with Crippen molar-refractivity contribution in [2.45, 2.75) is 0 Å². The molecule has 3 aromatic carbocycles. The number of amides is 1. The first kappa shape index (κ1) is 20.6. The van der Waals surface area contributed by atoms with Crippen LogP contribution in [0, 0.1) is 0 Å². The van der Waals surface area contributed by atoms with Gasteiger partial charge in [0, 0.05) is 10.0 Å². The summed E-state index contributed by atoms with van der Waals surface area (Å²) in [6, 6.07) is 19.6. The Hall–Kier alpha value is -3.65. The van der Waals surface area contributed by atoms with Gasteiger partial charge < -0.3 is 19.2 Å². The highest BCUT2D eigenvalue weighted by Gasteiger charge is 2.18. The maximum absolute atomic E-state index is 12.8. The van der Waals surface area contributed by atoms with Gasteiger partial charge in [-0.05, 0) is 64.5 Å². The van der Waals surface area contributed by atoms with Gasteiger partial charge in [0.25, 0.3) is 5.91 Å². The number of aromatic nitrogens is 2. The van der Waals surface area contributed by atoms with Crippen LogP contribution in [0.1, 0.15) is 10.4 Å². The second-order valence-corrected chi connectivity index (χ2v) is 7.34.